The van der Waals surface area contributed by atoms with E-state index in [2.05, 4.69) is 0 Å². The Kier molecular flexibility index (Phi) is 7.18. The van der Waals surface area contributed by atoms with Gasteiger partial charge in [0.25, 0.3) is 0 Å². The van der Waals surface area contributed by atoms with Crippen LogP contribution in [-0.2, 0) is 11.2 Å². The van der Waals surface area contributed by atoms with Gasteiger partial charge in [-0.25, -0.2) is 4.39 Å². The van der Waals surface area contributed by atoms with Crippen molar-refractivity contribution in [1.29, 1.82) is 0 Å². The fourth-order valence-electron chi connectivity index (χ4n) is 3.65. The Morgan fingerprint density at radius 3 is 2.65 bits per heavy atom. The molecule has 0 bridgehead atoms. The maximum absolute atomic E-state index is 13.4. The van der Waals surface area contributed by atoms with Crippen LogP contribution in [0.3, 0.4) is 0 Å². The molecule has 1 amide bonds. The average Bonchev–Trinajstić information content (AvgIpc) is 3.08. The first-order valence-corrected chi connectivity index (χ1v) is 8.91. The van der Waals surface area contributed by atoms with Crippen LogP contribution in [0.1, 0.15) is 36.9 Å². The highest BCUT2D eigenvalue weighted by Gasteiger charge is 2.33. The number of nitrogens with two attached hydrogens (primary N) is 1. The number of carbonyl (C=O) groups is 1. The fourth-order valence-corrected chi connectivity index (χ4v) is 3.65. The highest BCUT2D eigenvalue weighted by atomic mass is 35.5. The molecule has 1 aliphatic rings. The van der Waals surface area contributed by atoms with Crippen molar-refractivity contribution >= 4 is 18.3 Å². The van der Waals surface area contributed by atoms with E-state index in [0.29, 0.717) is 6.42 Å². The van der Waals surface area contributed by atoms with Crippen LogP contribution in [0.4, 0.5) is 4.39 Å². The number of benzene rings is 2. The van der Waals surface area contributed by atoms with Crippen molar-refractivity contribution in [3.8, 4) is 0 Å². The first-order valence-electron chi connectivity index (χ1n) is 8.91. The molecular formula is C21H26ClFN2O. The van der Waals surface area contributed by atoms with Crippen molar-refractivity contribution < 1.29 is 9.18 Å². The maximum Gasteiger partial charge on any atom is 0.227 e. The number of carbonyl (C=O) groups excluding carboxylic acids is 1. The number of hydrogen-bond acceptors (Lipinski definition) is 2. The number of hydrogen-bond donors (Lipinski definition) is 1. The molecule has 3 unspecified atom stereocenters. The van der Waals surface area contributed by atoms with E-state index in [1.165, 1.54) is 6.07 Å². The van der Waals surface area contributed by atoms with E-state index in [0.717, 1.165) is 30.5 Å². The van der Waals surface area contributed by atoms with E-state index in [4.69, 9.17) is 5.73 Å². The summed E-state index contributed by atoms with van der Waals surface area (Å²) in [7, 11) is 0. The maximum atomic E-state index is 13.4. The van der Waals surface area contributed by atoms with Crippen LogP contribution in [0, 0.1) is 11.7 Å². The Morgan fingerprint density at radius 2 is 1.96 bits per heavy atom. The van der Waals surface area contributed by atoms with Crippen molar-refractivity contribution in [3.63, 3.8) is 0 Å². The lowest BCUT2D eigenvalue weighted by molar-refractivity contribution is -0.136. The third-order valence-corrected chi connectivity index (χ3v) is 5.13. The quantitative estimate of drug-likeness (QED) is 0.853. The van der Waals surface area contributed by atoms with Gasteiger partial charge in [-0.1, -0.05) is 49.4 Å². The summed E-state index contributed by atoms with van der Waals surface area (Å²) >= 11 is 0. The minimum Gasteiger partial charge on any atom is -0.339 e. The third-order valence-electron chi connectivity index (χ3n) is 5.13. The lowest BCUT2D eigenvalue weighted by Crippen LogP contribution is -2.42. The summed E-state index contributed by atoms with van der Waals surface area (Å²) in [4.78, 5) is 14.9. The third kappa shape index (κ3) is 4.63. The molecule has 5 heteroatoms. The molecule has 1 heterocycles. The van der Waals surface area contributed by atoms with Crippen LogP contribution in [0.2, 0.25) is 0 Å². The van der Waals surface area contributed by atoms with Gasteiger partial charge in [-0.2, -0.15) is 0 Å². The molecule has 3 nitrogen and oxygen atoms in total. The summed E-state index contributed by atoms with van der Waals surface area (Å²) in [5.41, 5.74) is 8.24. The van der Waals surface area contributed by atoms with Crippen molar-refractivity contribution in [2.75, 3.05) is 6.54 Å². The van der Waals surface area contributed by atoms with Gasteiger partial charge in [-0.3, -0.25) is 4.79 Å². The molecule has 2 N–H and O–H groups in total. The summed E-state index contributed by atoms with van der Waals surface area (Å²) in [5, 5.41) is 0. The molecule has 1 fully saturated rings. The first kappa shape index (κ1) is 20.4. The molecule has 0 aromatic heterocycles. The van der Waals surface area contributed by atoms with Crippen LogP contribution >= 0.6 is 12.4 Å². The summed E-state index contributed by atoms with van der Waals surface area (Å²) in [6.45, 7) is 2.65. The Morgan fingerprint density at radius 1 is 1.23 bits per heavy atom. The van der Waals surface area contributed by atoms with E-state index in [9.17, 15) is 9.18 Å². The second kappa shape index (κ2) is 9.15. The molecule has 140 valence electrons. The SMILES string of the molecule is CC(C(=O)N1CCCC1Cc1cccc(F)c1)C(N)c1ccccc1.Cl. The Labute approximate surface area is 160 Å². The van der Waals surface area contributed by atoms with Gasteiger partial charge < -0.3 is 10.6 Å². The van der Waals surface area contributed by atoms with E-state index < -0.39 is 0 Å². The van der Waals surface area contributed by atoms with Crippen molar-refractivity contribution in [2.45, 2.75) is 38.3 Å². The lowest BCUT2D eigenvalue weighted by Gasteiger charge is -2.30. The Balaban J connectivity index is 0.00000243. The Bertz CT molecular complexity index is 725. The summed E-state index contributed by atoms with van der Waals surface area (Å²) < 4.78 is 13.4. The number of halogens is 2. The van der Waals surface area contributed by atoms with E-state index >= 15 is 0 Å². The van der Waals surface area contributed by atoms with Crippen LogP contribution in [0.15, 0.2) is 54.6 Å². The monoisotopic (exact) mass is 376 g/mol. The lowest BCUT2D eigenvalue weighted by atomic mass is 9.93. The molecular weight excluding hydrogens is 351 g/mol. The largest absolute Gasteiger partial charge is 0.339 e. The minimum absolute atomic E-state index is 0. The molecule has 0 saturated carbocycles. The second-order valence-electron chi connectivity index (χ2n) is 6.89. The average molecular weight is 377 g/mol. The minimum atomic E-state index is -0.316. The molecule has 0 aliphatic carbocycles. The first-order chi connectivity index (χ1) is 12.1. The van der Waals surface area contributed by atoms with E-state index in [1.807, 2.05) is 48.2 Å². The van der Waals surface area contributed by atoms with Crippen LogP contribution in [0.25, 0.3) is 0 Å². The fraction of sp³-hybridized carbons (Fsp3) is 0.381. The molecule has 0 radical (unpaired) electrons. The van der Waals surface area contributed by atoms with E-state index in [1.54, 1.807) is 12.1 Å². The number of rotatable bonds is 5. The van der Waals surface area contributed by atoms with Gasteiger partial charge in [0.05, 0.1) is 5.92 Å². The van der Waals surface area contributed by atoms with Crippen molar-refractivity contribution in [2.24, 2.45) is 11.7 Å². The second-order valence-corrected chi connectivity index (χ2v) is 6.89. The molecule has 1 saturated heterocycles. The highest BCUT2D eigenvalue weighted by molar-refractivity contribution is 5.85. The van der Waals surface area contributed by atoms with Gasteiger partial charge in [-0.15, -0.1) is 12.4 Å². The van der Waals surface area contributed by atoms with Gasteiger partial charge >= 0.3 is 0 Å². The molecule has 2 aromatic carbocycles. The number of amides is 1. The van der Waals surface area contributed by atoms with Gasteiger partial charge in [0.1, 0.15) is 5.82 Å². The molecule has 1 aliphatic heterocycles. The zero-order valence-corrected chi connectivity index (χ0v) is 15.8. The number of nitrogens with zero attached hydrogens (tertiary/aromatic N) is 1. The molecule has 26 heavy (non-hydrogen) atoms. The van der Waals surface area contributed by atoms with E-state index in [-0.39, 0.29) is 42.1 Å². The van der Waals surface area contributed by atoms with Crippen molar-refractivity contribution in [3.05, 3.63) is 71.5 Å². The van der Waals surface area contributed by atoms with Crippen LogP contribution in [0.5, 0.6) is 0 Å². The molecule has 3 rings (SSSR count). The zero-order valence-electron chi connectivity index (χ0n) is 15.0. The predicted octanol–water partition coefficient (Wildman–Crippen LogP) is 4.12. The van der Waals surface area contributed by atoms with Gasteiger partial charge in [0.2, 0.25) is 5.91 Å². The smallest absolute Gasteiger partial charge is 0.227 e. The van der Waals surface area contributed by atoms with Gasteiger partial charge in [0.15, 0.2) is 0 Å². The predicted molar refractivity (Wildman–Crippen MR) is 105 cm³/mol. The summed E-state index contributed by atoms with van der Waals surface area (Å²) in [5.74, 6) is -0.418. The molecule has 2 aromatic rings. The summed E-state index contributed by atoms with van der Waals surface area (Å²) in [6, 6.07) is 16.2. The summed E-state index contributed by atoms with van der Waals surface area (Å²) in [6.07, 6.45) is 2.63. The van der Waals surface area contributed by atoms with Gasteiger partial charge in [-0.05, 0) is 42.5 Å². The topological polar surface area (TPSA) is 46.3 Å². The normalized spacial score (nSPS) is 18.9. The van der Waals surface area contributed by atoms with Crippen molar-refractivity contribution in [1.82, 2.24) is 4.90 Å². The Hall–Kier alpha value is -1.91. The molecule has 0 spiro atoms. The highest BCUT2D eigenvalue weighted by Crippen LogP contribution is 2.27. The van der Waals surface area contributed by atoms with Crippen LogP contribution < -0.4 is 5.73 Å². The molecule has 3 atom stereocenters. The zero-order chi connectivity index (χ0) is 17.8. The standard InChI is InChI=1S/C21H25FN2O.ClH/c1-15(20(23)17-8-3-2-4-9-17)21(25)24-12-6-11-19(24)14-16-7-5-10-18(22)13-16;/h2-5,7-10,13,15,19-20H,6,11-12,14,23H2,1H3;1H. The van der Waals surface area contributed by atoms with Crippen LogP contribution in [-0.4, -0.2) is 23.4 Å². The van der Waals surface area contributed by atoms with Gasteiger partial charge in [0, 0.05) is 18.6 Å². The number of likely N-dealkylation sites (tertiary alicyclic amines) is 1.